The molecular formula is C18H21BrFN. The van der Waals surface area contributed by atoms with Crippen molar-refractivity contribution in [3.8, 4) is 0 Å². The number of nitrogens with one attached hydrogen (secondary N) is 1. The maximum absolute atomic E-state index is 14.3. The van der Waals surface area contributed by atoms with Crippen LogP contribution in [0.25, 0.3) is 0 Å². The average molecular weight is 350 g/mol. The van der Waals surface area contributed by atoms with Crippen molar-refractivity contribution in [2.24, 2.45) is 0 Å². The van der Waals surface area contributed by atoms with Crippen LogP contribution in [0.4, 0.5) is 4.39 Å². The van der Waals surface area contributed by atoms with E-state index in [2.05, 4.69) is 47.2 Å². The minimum atomic E-state index is -0.169. The molecule has 0 aliphatic carbocycles. The summed E-state index contributed by atoms with van der Waals surface area (Å²) >= 11 is 3.45. The van der Waals surface area contributed by atoms with Gasteiger partial charge in [0.05, 0.1) is 6.04 Å². The number of rotatable bonds is 6. The predicted molar refractivity (Wildman–Crippen MR) is 90.1 cm³/mol. The van der Waals surface area contributed by atoms with E-state index in [-0.39, 0.29) is 11.9 Å². The summed E-state index contributed by atoms with van der Waals surface area (Å²) in [6.45, 7) is 5.11. The zero-order valence-electron chi connectivity index (χ0n) is 12.5. The molecule has 0 saturated carbocycles. The highest BCUT2D eigenvalue weighted by molar-refractivity contribution is 9.10. The Morgan fingerprint density at radius 3 is 2.57 bits per heavy atom. The molecule has 0 spiro atoms. The largest absolute Gasteiger partial charge is 0.306 e. The van der Waals surface area contributed by atoms with Crippen LogP contribution in [-0.4, -0.2) is 6.54 Å². The molecule has 0 radical (unpaired) electrons. The lowest BCUT2D eigenvalue weighted by Crippen LogP contribution is -2.25. The van der Waals surface area contributed by atoms with Crippen molar-refractivity contribution in [1.29, 1.82) is 0 Å². The van der Waals surface area contributed by atoms with E-state index in [9.17, 15) is 4.39 Å². The molecule has 2 rings (SSSR count). The zero-order chi connectivity index (χ0) is 15.2. The summed E-state index contributed by atoms with van der Waals surface area (Å²) in [5, 5.41) is 3.48. The molecule has 0 heterocycles. The monoisotopic (exact) mass is 349 g/mol. The fraction of sp³-hybridized carbons (Fsp3) is 0.333. The molecule has 112 valence electrons. The molecule has 2 aromatic carbocycles. The van der Waals surface area contributed by atoms with Crippen LogP contribution in [0.1, 0.15) is 43.0 Å². The molecule has 0 saturated heterocycles. The first kappa shape index (κ1) is 16.2. The lowest BCUT2D eigenvalue weighted by Gasteiger charge is -2.23. The molecule has 1 unspecified atom stereocenters. The second kappa shape index (κ2) is 7.71. The summed E-state index contributed by atoms with van der Waals surface area (Å²) in [4.78, 5) is 0. The molecule has 0 bridgehead atoms. The van der Waals surface area contributed by atoms with Gasteiger partial charge in [-0.1, -0.05) is 54.0 Å². The van der Waals surface area contributed by atoms with E-state index in [0.29, 0.717) is 5.56 Å². The maximum Gasteiger partial charge on any atom is 0.128 e. The second-order valence-corrected chi connectivity index (χ2v) is 6.02. The molecule has 1 nitrogen and oxygen atoms in total. The standard InChI is InChI=1S/C18H21BrFN/c1-3-11-21-18(15-8-6-5-7-13(15)4-2)16-12-14(19)9-10-17(16)20/h5-10,12,18,21H,3-4,11H2,1-2H3. The van der Waals surface area contributed by atoms with Gasteiger partial charge in [0.2, 0.25) is 0 Å². The SMILES string of the molecule is CCCNC(c1cc(Br)ccc1F)c1ccccc1CC. The summed E-state index contributed by atoms with van der Waals surface area (Å²) < 4.78 is 15.2. The number of hydrogen-bond donors (Lipinski definition) is 1. The van der Waals surface area contributed by atoms with Crippen LogP contribution < -0.4 is 5.32 Å². The summed E-state index contributed by atoms with van der Waals surface area (Å²) in [7, 11) is 0. The molecule has 0 aliphatic heterocycles. The van der Waals surface area contributed by atoms with Gasteiger partial charge in [0.1, 0.15) is 5.82 Å². The van der Waals surface area contributed by atoms with Gasteiger partial charge in [0.25, 0.3) is 0 Å². The minimum Gasteiger partial charge on any atom is -0.306 e. The first-order chi connectivity index (χ1) is 10.2. The van der Waals surface area contributed by atoms with Crippen molar-refractivity contribution >= 4 is 15.9 Å². The summed E-state index contributed by atoms with van der Waals surface area (Å²) in [5.74, 6) is -0.169. The molecule has 0 amide bonds. The molecule has 0 fully saturated rings. The van der Waals surface area contributed by atoms with E-state index in [1.54, 1.807) is 6.07 Å². The maximum atomic E-state index is 14.3. The third kappa shape index (κ3) is 3.92. The number of aryl methyl sites for hydroxylation is 1. The molecule has 1 N–H and O–H groups in total. The molecule has 0 aromatic heterocycles. The van der Waals surface area contributed by atoms with E-state index in [0.717, 1.165) is 29.4 Å². The smallest absolute Gasteiger partial charge is 0.128 e. The highest BCUT2D eigenvalue weighted by Crippen LogP contribution is 2.29. The van der Waals surface area contributed by atoms with Crippen molar-refractivity contribution in [3.05, 3.63) is 69.4 Å². The van der Waals surface area contributed by atoms with Crippen molar-refractivity contribution < 1.29 is 4.39 Å². The lowest BCUT2D eigenvalue weighted by atomic mass is 9.93. The molecule has 2 aromatic rings. The highest BCUT2D eigenvalue weighted by Gasteiger charge is 2.19. The van der Waals surface area contributed by atoms with E-state index in [1.165, 1.54) is 11.6 Å². The van der Waals surface area contributed by atoms with Gasteiger partial charge in [-0.3, -0.25) is 0 Å². The Bertz CT molecular complexity index is 598. The van der Waals surface area contributed by atoms with Gasteiger partial charge in [-0.2, -0.15) is 0 Å². The molecular weight excluding hydrogens is 329 g/mol. The van der Waals surface area contributed by atoms with Crippen LogP contribution in [0.15, 0.2) is 46.9 Å². The minimum absolute atomic E-state index is 0.112. The molecule has 0 aliphatic rings. The molecule has 3 heteroatoms. The Labute approximate surface area is 134 Å². The second-order valence-electron chi connectivity index (χ2n) is 5.11. The van der Waals surface area contributed by atoms with Gasteiger partial charge in [-0.05, 0) is 48.7 Å². The predicted octanol–water partition coefficient (Wildman–Crippen LogP) is 5.24. The number of halogens is 2. The van der Waals surface area contributed by atoms with Gasteiger partial charge < -0.3 is 5.32 Å². The average Bonchev–Trinajstić information content (AvgIpc) is 2.51. The molecule has 21 heavy (non-hydrogen) atoms. The van der Waals surface area contributed by atoms with Crippen LogP contribution in [-0.2, 0) is 6.42 Å². The summed E-state index contributed by atoms with van der Waals surface area (Å²) in [6.07, 6.45) is 1.95. The van der Waals surface area contributed by atoms with Gasteiger partial charge >= 0.3 is 0 Å². The van der Waals surface area contributed by atoms with Crippen molar-refractivity contribution in [1.82, 2.24) is 5.32 Å². The van der Waals surface area contributed by atoms with E-state index < -0.39 is 0 Å². The first-order valence-electron chi connectivity index (χ1n) is 7.43. The van der Waals surface area contributed by atoms with E-state index in [4.69, 9.17) is 0 Å². The fourth-order valence-corrected chi connectivity index (χ4v) is 2.93. The Morgan fingerprint density at radius 1 is 1.10 bits per heavy atom. The normalized spacial score (nSPS) is 12.4. The number of benzene rings is 2. The van der Waals surface area contributed by atoms with Crippen molar-refractivity contribution in [2.75, 3.05) is 6.54 Å². The fourth-order valence-electron chi connectivity index (χ4n) is 2.55. The van der Waals surface area contributed by atoms with Crippen LogP contribution in [0.2, 0.25) is 0 Å². The summed E-state index contributed by atoms with van der Waals surface area (Å²) in [5.41, 5.74) is 3.11. The van der Waals surface area contributed by atoms with Crippen LogP contribution in [0, 0.1) is 5.82 Å². The Kier molecular flexibility index (Phi) is 5.95. The van der Waals surface area contributed by atoms with Gasteiger partial charge in [-0.25, -0.2) is 4.39 Å². The van der Waals surface area contributed by atoms with E-state index in [1.807, 2.05) is 18.2 Å². The Balaban J connectivity index is 2.49. The third-order valence-electron chi connectivity index (χ3n) is 3.61. The van der Waals surface area contributed by atoms with Gasteiger partial charge in [0, 0.05) is 10.0 Å². The third-order valence-corrected chi connectivity index (χ3v) is 4.11. The Hall–Kier alpha value is -1.19. The number of hydrogen-bond acceptors (Lipinski definition) is 1. The topological polar surface area (TPSA) is 12.0 Å². The van der Waals surface area contributed by atoms with E-state index >= 15 is 0 Å². The van der Waals surface area contributed by atoms with Gasteiger partial charge in [-0.15, -0.1) is 0 Å². The Morgan fingerprint density at radius 2 is 1.86 bits per heavy atom. The zero-order valence-corrected chi connectivity index (χ0v) is 14.1. The molecule has 1 atom stereocenters. The quantitative estimate of drug-likeness (QED) is 0.751. The van der Waals surface area contributed by atoms with Crippen LogP contribution in [0.5, 0.6) is 0 Å². The van der Waals surface area contributed by atoms with Crippen LogP contribution >= 0.6 is 15.9 Å². The van der Waals surface area contributed by atoms with Crippen LogP contribution in [0.3, 0.4) is 0 Å². The highest BCUT2D eigenvalue weighted by atomic mass is 79.9. The first-order valence-corrected chi connectivity index (χ1v) is 8.22. The lowest BCUT2D eigenvalue weighted by molar-refractivity contribution is 0.544. The van der Waals surface area contributed by atoms with Crippen molar-refractivity contribution in [3.63, 3.8) is 0 Å². The van der Waals surface area contributed by atoms with Gasteiger partial charge in [0.15, 0.2) is 0 Å². The van der Waals surface area contributed by atoms with Crippen molar-refractivity contribution in [2.45, 2.75) is 32.7 Å². The summed E-state index contributed by atoms with van der Waals surface area (Å²) in [6, 6.07) is 13.3.